The van der Waals surface area contributed by atoms with Crippen LogP contribution in [-0.2, 0) is 10.1 Å². The van der Waals surface area contributed by atoms with Gasteiger partial charge in [0.15, 0.2) is 10.1 Å². The first-order valence-electron chi connectivity index (χ1n) is 8.73. The van der Waals surface area contributed by atoms with Crippen LogP contribution in [0.2, 0.25) is 0 Å². The zero-order chi connectivity index (χ0) is 22.6. The van der Waals surface area contributed by atoms with Crippen molar-refractivity contribution in [3.05, 3.63) is 78.6 Å². The summed E-state index contributed by atoms with van der Waals surface area (Å²) < 4.78 is 62.8. The van der Waals surface area contributed by atoms with Gasteiger partial charge in [-0.2, -0.15) is 17.6 Å². The summed E-state index contributed by atoms with van der Waals surface area (Å²) in [5.41, 5.74) is -2.49. The number of anilines is 2. The Hall–Kier alpha value is -3.51. The van der Waals surface area contributed by atoms with Crippen molar-refractivity contribution in [3.8, 4) is 5.82 Å². The molecule has 3 heterocycles. The van der Waals surface area contributed by atoms with E-state index in [2.05, 4.69) is 23.3 Å². The molecule has 12 heteroatoms. The summed E-state index contributed by atoms with van der Waals surface area (Å²) in [7, 11) is -6.09. The van der Waals surface area contributed by atoms with Gasteiger partial charge >= 0.3 is 11.5 Å². The van der Waals surface area contributed by atoms with Gasteiger partial charge in [0.25, 0.3) is 0 Å². The number of nitrogens with one attached hydrogen (secondary N) is 1. The van der Waals surface area contributed by atoms with Crippen molar-refractivity contribution in [2.45, 2.75) is 12.4 Å². The number of nitrogens with zero attached hydrogens (tertiary/aromatic N) is 4. The zero-order valence-electron chi connectivity index (χ0n) is 16.0. The Morgan fingerprint density at radius 2 is 1.68 bits per heavy atom. The summed E-state index contributed by atoms with van der Waals surface area (Å²) in [6, 6.07) is 20.0. The van der Waals surface area contributed by atoms with Crippen molar-refractivity contribution in [1.82, 2.24) is 14.8 Å². The predicted octanol–water partition coefficient (Wildman–Crippen LogP) is 3.11. The first kappa shape index (κ1) is 22.2. The molecular weight excluding hydrogens is 435 g/mol. The number of hydrogen-bond acceptors (Lipinski definition) is 6. The van der Waals surface area contributed by atoms with Crippen molar-refractivity contribution >= 4 is 27.4 Å². The fraction of sp³-hybridized carbons (Fsp3) is 0.105. The Morgan fingerprint density at radius 3 is 2.29 bits per heavy atom. The summed E-state index contributed by atoms with van der Waals surface area (Å²) in [5, 5.41) is 8.11. The van der Waals surface area contributed by atoms with Crippen LogP contribution in [0, 0.1) is 6.92 Å². The fourth-order valence-corrected chi connectivity index (χ4v) is 2.55. The smallest absolute Gasteiger partial charge is 0.485 e. The molecule has 31 heavy (non-hydrogen) atoms. The van der Waals surface area contributed by atoms with Gasteiger partial charge < -0.3 is 4.55 Å². The molecule has 3 aromatic heterocycles. The first-order chi connectivity index (χ1) is 14.6. The number of benzene rings is 1. The Labute approximate surface area is 175 Å². The topological polar surface area (TPSA) is 104 Å². The van der Waals surface area contributed by atoms with Crippen LogP contribution in [0.1, 0.15) is 5.56 Å². The maximum Gasteiger partial charge on any atom is 0.485 e. The molecule has 4 aromatic rings. The van der Waals surface area contributed by atoms with Crippen molar-refractivity contribution in [2.24, 2.45) is 0 Å². The highest BCUT2D eigenvalue weighted by Crippen LogP contribution is 2.20. The molecule has 0 spiro atoms. The van der Waals surface area contributed by atoms with Gasteiger partial charge in [0.2, 0.25) is 11.5 Å². The second-order valence-corrected chi connectivity index (χ2v) is 7.56. The predicted molar refractivity (Wildman–Crippen MR) is 105 cm³/mol. The van der Waals surface area contributed by atoms with E-state index in [0.29, 0.717) is 0 Å². The van der Waals surface area contributed by atoms with E-state index in [4.69, 9.17) is 18.1 Å². The second-order valence-electron chi connectivity index (χ2n) is 6.19. The van der Waals surface area contributed by atoms with Crippen molar-refractivity contribution in [1.29, 1.82) is 0 Å². The number of fused-ring (bicyclic) bond motifs is 1. The lowest BCUT2D eigenvalue weighted by Gasteiger charge is -2.08. The third-order valence-electron chi connectivity index (χ3n) is 4.02. The van der Waals surface area contributed by atoms with Gasteiger partial charge in [0.05, 0.1) is 11.9 Å². The van der Waals surface area contributed by atoms with Crippen molar-refractivity contribution in [3.63, 3.8) is 0 Å². The molecule has 1 N–H and O–H groups in total. The summed E-state index contributed by atoms with van der Waals surface area (Å²) in [5.74, 6) is 1.54. The van der Waals surface area contributed by atoms with Crippen LogP contribution in [0.25, 0.3) is 11.5 Å². The molecule has 0 bridgehead atoms. The van der Waals surface area contributed by atoms with E-state index in [0.717, 1.165) is 23.1 Å². The van der Waals surface area contributed by atoms with Gasteiger partial charge in [-0.1, -0.05) is 35.0 Å². The highest BCUT2D eigenvalue weighted by atomic mass is 32.2. The number of pyridine rings is 2. The van der Waals surface area contributed by atoms with Gasteiger partial charge in [-0.05, 0) is 36.8 Å². The van der Waals surface area contributed by atoms with E-state index in [-0.39, 0.29) is 0 Å². The minimum Gasteiger partial charge on any atom is -0.741 e. The molecule has 0 amide bonds. The number of alkyl halides is 3. The van der Waals surface area contributed by atoms with Gasteiger partial charge in [0, 0.05) is 17.4 Å². The largest absolute Gasteiger partial charge is 0.741 e. The normalized spacial score (nSPS) is 11.6. The molecule has 162 valence electrons. The maximum atomic E-state index is 10.7. The number of rotatable bonds is 3. The summed E-state index contributed by atoms with van der Waals surface area (Å²) >= 11 is 0. The van der Waals surface area contributed by atoms with Crippen LogP contribution < -0.4 is 9.72 Å². The van der Waals surface area contributed by atoms with Crippen LogP contribution in [0.15, 0.2) is 73.1 Å². The van der Waals surface area contributed by atoms with Gasteiger partial charge in [0.1, 0.15) is 0 Å². The van der Waals surface area contributed by atoms with E-state index in [1.54, 1.807) is 6.20 Å². The van der Waals surface area contributed by atoms with Gasteiger partial charge in [-0.15, -0.1) is 0 Å². The highest BCUT2D eigenvalue weighted by molar-refractivity contribution is 7.86. The SMILES string of the molecule is Cc1ccccc1Nc1nn(-c2ccccn2)c2cccc[n+]12.O=S(=O)([O-])C(F)(F)F. The van der Waals surface area contributed by atoms with Gasteiger partial charge in [-0.3, -0.25) is 5.32 Å². The minimum absolute atomic E-state index is 0.751. The molecule has 1 aromatic carbocycles. The molecule has 0 aliphatic rings. The molecule has 0 atom stereocenters. The summed E-state index contributed by atoms with van der Waals surface area (Å²) in [6.45, 7) is 2.07. The van der Waals surface area contributed by atoms with Crippen molar-refractivity contribution < 1.29 is 30.5 Å². The highest BCUT2D eigenvalue weighted by Gasteiger charge is 2.36. The molecular formula is C19H16F3N5O3S. The van der Waals surface area contributed by atoms with Crippen LogP contribution in [0.5, 0.6) is 0 Å². The number of aromatic nitrogens is 4. The molecule has 0 fully saturated rings. The Morgan fingerprint density at radius 1 is 1.03 bits per heavy atom. The molecule has 0 saturated heterocycles. The third-order valence-corrected chi connectivity index (χ3v) is 4.59. The van der Waals surface area contributed by atoms with Crippen LogP contribution in [0.4, 0.5) is 24.8 Å². The maximum absolute atomic E-state index is 10.7. The molecule has 0 unspecified atom stereocenters. The lowest BCUT2D eigenvalue weighted by Crippen LogP contribution is -2.23. The quantitative estimate of drug-likeness (QED) is 0.292. The Bertz CT molecular complexity index is 1290. The average Bonchev–Trinajstić information content (AvgIpc) is 3.08. The molecule has 8 nitrogen and oxygen atoms in total. The molecule has 4 rings (SSSR count). The monoisotopic (exact) mass is 451 g/mol. The van der Waals surface area contributed by atoms with Crippen molar-refractivity contribution in [2.75, 3.05) is 5.32 Å². The molecule has 0 aliphatic carbocycles. The number of aryl methyl sites for hydroxylation is 1. The fourth-order valence-electron chi connectivity index (χ4n) is 2.55. The van der Waals surface area contributed by atoms with Gasteiger partial charge in [-0.25, -0.2) is 13.4 Å². The van der Waals surface area contributed by atoms with E-state index < -0.39 is 15.6 Å². The summed E-state index contributed by atoms with van der Waals surface area (Å²) in [4.78, 5) is 4.40. The molecule has 0 saturated carbocycles. The van der Waals surface area contributed by atoms with E-state index >= 15 is 0 Å². The minimum atomic E-state index is -6.09. The van der Waals surface area contributed by atoms with E-state index in [1.807, 2.05) is 69.9 Å². The lowest BCUT2D eigenvalue weighted by molar-refractivity contribution is -0.496. The van der Waals surface area contributed by atoms with Crippen LogP contribution >= 0.6 is 0 Å². The first-order valence-corrected chi connectivity index (χ1v) is 10.1. The average molecular weight is 451 g/mol. The van der Waals surface area contributed by atoms with Crippen LogP contribution in [-0.4, -0.2) is 33.2 Å². The van der Waals surface area contributed by atoms with E-state index in [1.165, 1.54) is 5.56 Å². The lowest BCUT2D eigenvalue weighted by atomic mass is 10.2. The number of halogens is 3. The number of hydrogen-bond donors (Lipinski definition) is 1. The molecule has 0 radical (unpaired) electrons. The third kappa shape index (κ3) is 5.16. The zero-order valence-corrected chi connectivity index (χ0v) is 16.8. The Balaban J connectivity index is 0.000000293. The standard InChI is InChI=1S/C18H16N5.CHF3O3S/c1-14-8-2-3-9-15(14)20-18-21-23(16-10-4-6-12-19-16)17-11-5-7-13-22(17)18;2-1(3,4)8(5,6)7/h2-13H,1H3,(H,20,21);(H,5,6,7)/q+1;/p-1. The van der Waals surface area contributed by atoms with Crippen LogP contribution in [0.3, 0.4) is 0 Å². The molecule has 0 aliphatic heterocycles. The van der Waals surface area contributed by atoms with E-state index in [9.17, 15) is 13.2 Å². The second kappa shape index (κ2) is 8.70. The number of para-hydroxylation sites is 1. The Kier molecular flexibility index (Phi) is 6.22. The summed E-state index contributed by atoms with van der Waals surface area (Å²) in [6.07, 6.45) is 3.76.